The second-order valence-electron chi connectivity index (χ2n) is 4.64. The molecule has 2 rings (SSSR count). The van der Waals surface area contributed by atoms with Gasteiger partial charge in [-0.1, -0.05) is 30.9 Å². The monoisotopic (exact) mass is 391 g/mol. The number of anilines is 1. The van der Waals surface area contributed by atoms with Crippen LogP contribution in [0.4, 0.5) is 5.69 Å². The molecule has 1 aromatic rings. The molecule has 0 saturated heterocycles. The van der Waals surface area contributed by atoms with Crippen LogP contribution in [0.15, 0.2) is 21.6 Å². The van der Waals surface area contributed by atoms with Crippen molar-refractivity contribution in [1.29, 1.82) is 0 Å². The van der Waals surface area contributed by atoms with Crippen LogP contribution in [0.25, 0.3) is 6.08 Å². The Morgan fingerprint density at radius 1 is 1.22 bits per heavy atom. The second kappa shape index (κ2) is 6.97. The van der Waals surface area contributed by atoms with Crippen LogP contribution in [0.2, 0.25) is 5.02 Å². The van der Waals surface area contributed by atoms with Crippen LogP contribution in [-0.2, 0) is 0 Å². The third kappa shape index (κ3) is 4.29. The number of nitrogens with one attached hydrogen (secondary N) is 1. The highest BCUT2D eigenvalue weighted by Gasteiger charge is 2.14. The molecule has 0 aromatic heterocycles. The standard InChI is InChI=1S/C14H16Br2ClN/c15-14(16)9-10-8-11(17)6-7-13(10)18-12-4-2-1-3-5-12/h6-9,12,18H,1-5H2. The Labute approximate surface area is 130 Å². The van der Waals surface area contributed by atoms with Gasteiger partial charge in [0, 0.05) is 22.3 Å². The third-order valence-corrected chi connectivity index (χ3v) is 3.94. The molecule has 1 aliphatic carbocycles. The summed E-state index contributed by atoms with van der Waals surface area (Å²) >= 11 is 12.9. The maximum absolute atomic E-state index is 6.06. The molecule has 1 aromatic carbocycles. The maximum atomic E-state index is 6.06. The summed E-state index contributed by atoms with van der Waals surface area (Å²) in [6, 6.07) is 6.58. The molecule has 0 amide bonds. The molecule has 0 aliphatic heterocycles. The molecule has 0 bridgehead atoms. The lowest BCUT2D eigenvalue weighted by Crippen LogP contribution is -2.22. The zero-order valence-electron chi connectivity index (χ0n) is 10.1. The molecule has 18 heavy (non-hydrogen) atoms. The first kappa shape index (κ1) is 14.4. The van der Waals surface area contributed by atoms with Crippen LogP contribution >= 0.6 is 43.5 Å². The highest BCUT2D eigenvalue weighted by atomic mass is 79.9. The van der Waals surface area contributed by atoms with Crippen molar-refractivity contribution in [2.45, 2.75) is 38.1 Å². The van der Waals surface area contributed by atoms with Crippen molar-refractivity contribution in [2.24, 2.45) is 0 Å². The molecule has 1 saturated carbocycles. The van der Waals surface area contributed by atoms with Crippen molar-refractivity contribution in [3.63, 3.8) is 0 Å². The Kier molecular flexibility index (Phi) is 5.58. The van der Waals surface area contributed by atoms with E-state index in [1.54, 1.807) is 0 Å². The molecule has 98 valence electrons. The van der Waals surface area contributed by atoms with Crippen LogP contribution in [0.5, 0.6) is 0 Å². The average molecular weight is 394 g/mol. The van der Waals surface area contributed by atoms with E-state index in [0.29, 0.717) is 6.04 Å². The fourth-order valence-electron chi connectivity index (χ4n) is 2.37. The van der Waals surface area contributed by atoms with Gasteiger partial charge >= 0.3 is 0 Å². The van der Waals surface area contributed by atoms with Gasteiger partial charge in [0.15, 0.2) is 0 Å². The molecule has 1 aliphatic rings. The van der Waals surface area contributed by atoms with E-state index in [1.807, 2.05) is 18.2 Å². The molecule has 0 spiro atoms. The van der Waals surface area contributed by atoms with Crippen LogP contribution < -0.4 is 5.32 Å². The van der Waals surface area contributed by atoms with E-state index in [4.69, 9.17) is 11.6 Å². The van der Waals surface area contributed by atoms with Crippen LogP contribution in [-0.4, -0.2) is 6.04 Å². The Morgan fingerprint density at radius 2 is 1.94 bits per heavy atom. The molecule has 1 fully saturated rings. The van der Waals surface area contributed by atoms with Crippen molar-refractivity contribution in [3.05, 3.63) is 32.2 Å². The molecular weight excluding hydrogens is 377 g/mol. The van der Waals surface area contributed by atoms with Crippen molar-refractivity contribution in [1.82, 2.24) is 0 Å². The van der Waals surface area contributed by atoms with Crippen molar-refractivity contribution < 1.29 is 0 Å². The lowest BCUT2D eigenvalue weighted by atomic mass is 9.95. The zero-order chi connectivity index (χ0) is 13.0. The van der Waals surface area contributed by atoms with Gasteiger partial charge in [-0.3, -0.25) is 0 Å². The minimum absolute atomic E-state index is 0.598. The third-order valence-electron chi connectivity index (χ3n) is 3.24. The quantitative estimate of drug-likeness (QED) is 0.647. The summed E-state index contributed by atoms with van der Waals surface area (Å²) in [7, 11) is 0. The van der Waals surface area contributed by atoms with Crippen LogP contribution in [0.1, 0.15) is 37.7 Å². The van der Waals surface area contributed by atoms with Crippen molar-refractivity contribution in [3.8, 4) is 0 Å². The SMILES string of the molecule is Clc1ccc(NC2CCCCC2)c(C=C(Br)Br)c1. The van der Waals surface area contributed by atoms with Gasteiger partial charge in [-0.15, -0.1) is 0 Å². The summed E-state index contributed by atoms with van der Waals surface area (Å²) in [6.07, 6.45) is 8.59. The van der Waals surface area contributed by atoms with Gasteiger partial charge in [0.2, 0.25) is 0 Å². The fourth-order valence-corrected chi connectivity index (χ4v) is 3.04. The van der Waals surface area contributed by atoms with E-state index in [9.17, 15) is 0 Å². The number of benzene rings is 1. The van der Waals surface area contributed by atoms with Crippen molar-refractivity contribution in [2.75, 3.05) is 5.32 Å². The Bertz CT molecular complexity index is 435. The summed E-state index contributed by atoms with van der Waals surface area (Å²) in [5, 5.41) is 4.40. The Balaban J connectivity index is 2.17. The Hall–Kier alpha value is 0.01000. The number of hydrogen-bond acceptors (Lipinski definition) is 1. The van der Waals surface area contributed by atoms with Crippen LogP contribution in [0.3, 0.4) is 0 Å². The lowest BCUT2D eigenvalue weighted by molar-refractivity contribution is 0.462. The predicted octanol–water partition coefficient (Wildman–Crippen LogP) is 6.17. The maximum Gasteiger partial charge on any atom is 0.0610 e. The van der Waals surface area contributed by atoms with Gasteiger partial charge < -0.3 is 5.32 Å². The van der Waals surface area contributed by atoms with E-state index in [1.165, 1.54) is 32.1 Å². The van der Waals surface area contributed by atoms with Gasteiger partial charge in [-0.05, 0) is 69.0 Å². The molecule has 0 atom stereocenters. The summed E-state index contributed by atoms with van der Waals surface area (Å²) in [5.41, 5.74) is 2.26. The molecule has 0 heterocycles. The summed E-state index contributed by atoms with van der Waals surface area (Å²) in [4.78, 5) is 0. The lowest BCUT2D eigenvalue weighted by Gasteiger charge is -2.24. The molecule has 1 nitrogen and oxygen atoms in total. The average Bonchev–Trinajstić information content (AvgIpc) is 2.33. The van der Waals surface area contributed by atoms with E-state index in [0.717, 1.165) is 19.7 Å². The minimum atomic E-state index is 0.598. The van der Waals surface area contributed by atoms with E-state index < -0.39 is 0 Å². The normalized spacial score (nSPS) is 16.4. The summed E-state index contributed by atoms with van der Waals surface area (Å²) in [5.74, 6) is 0. The molecule has 4 heteroatoms. The highest BCUT2D eigenvalue weighted by molar-refractivity contribution is 9.28. The predicted molar refractivity (Wildman–Crippen MR) is 87.8 cm³/mol. The topological polar surface area (TPSA) is 12.0 Å². The molecule has 0 radical (unpaired) electrons. The van der Waals surface area contributed by atoms with Gasteiger partial charge in [0.25, 0.3) is 0 Å². The van der Waals surface area contributed by atoms with E-state index in [2.05, 4.69) is 43.2 Å². The van der Waals surface area contributed by atoms with E-state index in [-0.39, 0.29) is 0 Å². The summed E-state index contributed by atoms with van der Waals surface area (Å²) < 4.78 is 0.920. The number of hydrogen-bond donors (Lipinski definition) is 1. The van der Waals surface area contributed by atoms with Gasteiger partial charge in [0.1, 0.15) is 0 Å². The molecule has 0 unspecified atom stereocenters. The van der Waals surface area contributed by atoms with Gasteiger partial charge in [-0.25, -0.2) is 0 Å². The number of rotatable bonds is 3. The van der Waals surface area contributed by atoms with Gasteiger partial charge in [0.05, 0.1) is 3.39 Å². The largest absolute Gasteiger partial charge is 0.382 e. The first-order valence-electron chi connectivity index (χ1n) is 6.24. The van der Waals surface area contributed by atoms with Crippen LogP contribution in [0, 0.1) is 0 Å². The highest BCUT2D eigenvalue weighted by Crippen LogP contribution is 2.29. The Morgan fingerprint density at radius 3 is 2.61 bits per heavy atom. The van der Waals surface area contributed by atoms with Crippen molar-refractivity contribution >= 4 is 55.2 Å². The smallest absolute Gasteiger partial charge is 0.0610 e. The second-order valence-corrected chi connectivity index (χ2v) is 7.85. The minimum Gasteiger partial charge on any atom is -0.382 e. The fraction of sp³-hybridized carbons (Fsp3) is 0.429. The first-order chi connectivity index (χ1) is 8.65. The zero-order valence-corrected chi connectivity index (χ0v) is 14.0. The molecule has 1 N–H and O–H groups in total. The summed E-state index contributed by atoms with van der Waals surface area (Å²) in [6.45, 7) is 0. The molecular formula is C14H16Br2ClN. The first-order valence-corrected chi connectivity index (χ1v) is 8.20. The van der Waals surface area contributed by atoms with E-state index >= 15 is 0 Å². The van der Waals surface area contributed by atoms with Gasteiger partial charge in [-0.2, -0.15) is 0 Å². The number of halogens is 3.